The standard InChI is InChI=1S/C23H26ClNO8/c24-16-11-15(13-1-3-14(4-2-13)22(30)25-7-9-31-10-8-25)5-6-17(16)32-23-21(29)20(28)19(27)18(12-26)33-23/h1-6,11,18-21,23,26-29H,7-10,12H2/t18-,19-,20?,21?,23+/m1/s1. The van der Waals surface area contributed by atoms with Crippen LogP contribution in [0, 0.1) is 0 Å². The number of morpholine rings is 1. The summed E-state index contributed by atoms with van der Waals surface area (Å²) >= 11 is 6.37. The molecule has 178 valence electrons. The second-order valence-electron chi connectivity index (χ2n) is 7.94. The van der Waals surface area contributed by atoms with Gasteiger partial charge in [0.2, 0.25) is 6.29 Å². The maximum Gasteiger partial charge on any atom is 0.254 e. The normalized spacial score (nSPS) is 27.9. The number of halogens is 1. The number of carbonyl (C=O) groups excluding carboxylic acids is 1. The molecule has 2 aromatic rings. The van der Waals surface area contributed by atoms with E-state index in [-0.39, 0.29) is 16.7 Å². The monoisotopic (exact) mass is 479 g/mol. The summed E-state index contributed by atoms with van der Waals surface area (Å²) in [5.41, 5.74) is 2.22. The molecule has 2 aliphatic heterocycles. The minimum Gasteiger partial charge on any atom is -0.460 e. The fraction of sp³-hybridized carbons (Fsp3) is 0.435. The van der Waals surface area contributed by atoms with Crippen LogP contribution >= 0.6 is 11.6 Å². The molecule has 0 spiro atoms. The number of benzene rings is 2. The van der Waals surface area contributed by atoms with Crippen molar-refractivity contribution in [3.05, 3.63) is 53.1 Å². The highest BCUT2D eigenvalue weighted by atomic mass is 35.5. The third-order valence-electron chi connectivity index (χ3n) is 5.79. The summed E-state index contributed by atoms with van der Waals surface area (Å²) in [6.07, 6.45) is -6.95. The Morgan fingerprint density at radius 2 is 1.67 bits per heavy atom. The molecule has 2 unspecified atom stereocenters. The zero-order valence-corrected chi connectivity index (χ0v) is 18.5. The lowest BCUT2D eigenvalue weighted by Gasteiger charge is -2.39. The quantitative estimate of drug-likeness (QED) is 0.492. The van der Waals surface area contributed by atoms with Crippen LogP contribution in [-0.2, 0) is 9.47 Å². The van der Waals surface area contributed by atoms with E-state index >= 15 is 0 Å². The third-order valence-corrected chi connectivity index (χ3v) is 6.08. The summed E-state index contributed by atoms with van der Waals surface area (Å²) in [5.74, 6) is 0.162. The molecular formula is C23H26ClNO8. The topological polar surface area (TPSA) is 129 Å². The third kappa shape index (κ3) is 5.15. The Kier molecular flexibility index (Phi) is 7.50. The molecule has 1 amide bonds. The molecule has 4 rings (SSSR count). The van der Waals surface area contributed by atoms with E-state index in [0.717, 1.165) is 11.1 Å². The van der Waals surface area contributed by atoms with E-state index in [0.29, 0.717) is 31.9 Å². The molecular weight excluding hydrogens is 454 g/mol. The average Bonchev–Trinajstić information content (AvgIpc) is 2.85. The van der Waals surface area contributed by atoms with Crippen LogP contribution in [0.2, 0.25) is 5.02 Å². The lowest BCUT2D eigenvalue weighted by Crippen LogP contribution is -2.60. The largest absolute Gasteiger partial charge is 0.460 e. The van der Waals surface area contributed by atoms with Gasteiger partial charge in [-0.05, 0) is 35.4 Å². The minimum atomic E-state index is -1.54. The van der Waals surface area contributed by atoms with Gasteiger partial charge in [-0.3, -0.25) is 4.79 Å². The number of rotatable bonds is 5. The van der Waals surface area contributed by atoms with Crippen molar-refractivity contribution >= 4 is 17.5 Å². The van der Waals surface area contributed by atoms with E-state index in [1.54, 1.807) is 35.2 Å². The van der Waals surface area contributed by atoms with Crippen LogP contribution in [0.4, 0.5) is 0 Å². The van der Waals surface area contributed by atoms with Gasteiger partial charge in [0.05, 0.1) is 24.8 Å². The van der Waals surface area contributed by atoms with E-state index in [4.69, 9.17) is 25.8 Å². The molecule has 0 aromatic heterocycles. The number of amides is 1. The van der Waals surface area contributed by atoms with E-state index in [9.17, 15) is 25.2 Å². The van der Waals surface area contributed by atoms with Gasteiger partial charge in [-0.1, -0.05) is 29.8 Å². The molecule has 0 aliphatic carbocycles. The van der Waals surface area contributed by atoms with Gasteiger partial charge in [0, 0.05) is 18.7 Å². The van der Waals surface area contributed by atoms with Crippen molar-refractivity contribution in [1.29, 1.82) is 0 Å². The molecule has 0 radical (unpaired) electrons. The molecule has 4 N–H and O–H groups in total. The molecule has 0 saturated carbocycles. The summed E-state index contributed by atoms with van der Waals surface area (Å²) in [4.78, 5) is 14.4. The van der Waals surface area contributed by atoms with Crippen LogP contribution in [0.15, 0.2) is 42.5 Å². The summed E-state index contributed by atoms with van der Waals surface area (Å²) < 4.78 is 16.3. The van der Waals surface area contributed by atoms with Gasteiger partial charge in [0.1, 0.15) is 30.2 Å². The van der Waals surface area contributed by atoms with Gasteiger partial charge < -0.3 is 39.5 Å². The fourth-order valence-corrected chi connectivity index (χ4v) is 4.05. The molecule has 2 aliphatic rings. The maximum atomic E-state index is 12.6. The second-order valence-corrected chi connectivity index (χ2v) is 8.35. The molecule has 2 fully saturated rings. The first-order valence-corrected chi connectivity index (χ1v) is 11.0. The van der Waals surface area contributed by atoms with E-state index in [1.807, 2.05) is 12.1 Å². The van der Waals surface area contributed by atoms with Crippen molar-refractivity contribution in [2.45, 2.75) is 30.7 Å². The van der Waals surface area contributed by atoms with Crippen molar-refractivity contribution < 1.29 is 39.4 Å². The predicted octanol–water partition coefficient (Wildman–Crippen LogP) is 0.658. The van der Waals surface area contributed by atoms with Gasteiger partial charge in [-0.2, -0.15) is 0 Å². The minimum absolute atomic E-state index is 0.0360. The van der Waals surface area contributed by atoms with Crippen LogP contribution < -0.4 is 4.74 Å². The van der Waals surface area contributed by atoms with Crippen LogP contribution in [0.5, 0.6) is 5.75 Å². The molecule has 10 heteroatoms. The first-order chi connectivity index (χ1) is 15.9. The Hall–Kier alpha value is -2.24. The summed E-state index contributed by atoms with van der Waals surface area (Å²) in [5, 5.41) is 39.5. The highest BCUT2D eigenvalue weighted by molar-refractivity contribution is 6.32. The van der Waals surface area contributed by atoms with Gasteiger partial charge in [-0.15, -0.1) is 0 Å². The van der Waals surface area contributed by atoms with E-state index in [2.05, 4.69) is 0 Å². The van der Waals surface area contributed by atoms with Crippen molar-refractivity contribution in [3.63, 3.8) is 0 Å². The Labute approximate surface area is 195 Å². The van der Waals surface area contributed by atoms with Crippen LogP contribution in [0.1, 0.15) is 10.4 Å². The molecule has 9 nitrogen and oxygen atoms in total. The highest BCUT2D eigenvalue weighted by Gasteiger charge is 2.44. The van der Waals surface area contributed by atoms with Crippen LogP contribution in [0.3, 0.4) is 0 Å². The summed E-state index contributed by atoms with van der Waals surface area (Å²) in [7, 11) is 0. The Morgan fingerprint density at radius 1 is 1.00 bits per heavy atom. The number of hydrogen-bond acceptors (Lipinski definition) is 8. The summed E-state index contributed by atoms with van der Waals surface area (Å²) in [6, 6.07) is 12.2. The number of aliphatic hydroxyl groups is 4. The number of aliphatic hydroxyl groups excluding tert-OH is 4. The molecule has 5 atom stereocenters. The van der Waals surface area contributed by atoms with E-state index in [1.165, 1.54) is 0 Å². The first kappa shape index (κ1) is 23.9. The van der Waals surface area contributed by atoms with Gasteiger partial charge in [0.25, 0.3) is 5.91 Å². The molecule has 2 heterocycles. The van der Waals surface area contributed by atoms with Gasteiger partial charge >= 0.3 is 0 Å². The van der Waals surface area contributed by atoms with E-state index < -0.39 is 37.3 Å². The van der Waals surface area contributed by atoms with Crippen molar-refractivity contribution in [3.8, 4) is 16.9 Å². The Bertz CT molecular complexity index is 963. The number of carbonyl (C=O) groups is 1. The zero-order valence-electron chi connectivity index (χ0n) is 17.7. The predicted molar refractivity (Wildman–Crippen MR) is 118 cm³/mol. The van der Waals surface area contributed by atoms with Crippen molar-refractivity contribution in [2.75, 3.05) is 32.9 Å². The van der Waals surface area contributed by atoms with Crippen LogP contribution in [0.25, 0.3) is 11.1 Å². The summed E-state index contributed by atoms with van der Waals surface area (Å²) in [6.45, 7) is 1.68. The lowest BCUT2D eigenvalue weighted by molar-refractivity contribution is -0.277. The lowest BCUT2D eigenvalue weighted by atomic mass is 9.99. The Morgan fingerprint density at radius 3 is 2.30 bits per heavy atom. The smallest absolute Gasteiger partial charge is 0.254 e. The van der Waals surface area contributed by atoms with Crippen molar-refractivity contribution in [2.24, 2.45) is 0 Å². The van der Waals surface area contributed by atoms with Gasteiger partial charge in [-0.25, -0.2) is 0 Å². The highest BCUT2D eigenvalue weighted by Crippen LogP contribution is 2.33. The zero-order chi connectivity index (χ0) is 23.5. The molecule has 33 heavy (non-hydrogen) atoms. The SMILES string of the molecule is O=C(c1ccc(-c2ccc(O[C@H]3O[C@H](CO)[C@@H](O)C(O)C3O)c(Cl)c2)cc1)N1CCOCC1. The molecule has 0 bridgehead atoms. The van der Waals surface area contributed by atoms with Crippen molar-refractivity contribution in [1.82, 2.24) is 4.90 Å². The van der Waals surface area contributed by atoms with Gasteiger partial charge in [0.15, 0.2) is 0 Å². The second kappa shape index (κ2) is 10.4. The number of nitrogens with zero attached hydrogens (tertiary/aromatic N) is 1. The first-order valence-electron chi connectivity index (χ1n) is 10.6. The average molecular weight is 480 g/mol. The number of ether oxygens (including phenoxy) is 3. The maximum absolute atomic E-state index is 12.6. The fourth-order valence-electron chi connectivity index (χ4n) is 3.82. The van der Waals surface area contributed by atoms with Crippen LogP contribution in [-0.4, -0.2) is 94.8 Å². The molecule has 2 saturated heterocycles. The molecule has 2 aromatic carbocycles. The number of hydrogen-bond donors (Lipinski definition) is 4. The Balaban J connectivity index is 1.45.